The minimum Gasteiger partial charge on any atom is -0.393 e. The molecule has 1 aliphatic rings. The lowest BCUT2D eigenvalue weighted by Gasteiger charge is -2.51. The first kappa shape index (κ1) is 11.7. The molecule has 3 atom stereocenters. The Morgan fingerprint density at radius 1 is 1.43 bits per heavy atom. The number of methoxy groups -OCH3 is 1. The van der Waals surface area contributed by atoms with Crippen LogP contribution < -0.4 is 0 Å². The van der Waals surface area contributed by atoms with Crippen LogP contribution in [-0.2, 0) is 4.74 Å². The van der Waals surface area contributed by atoms with E-state index in [2.05, 4.69) is 27.4 Å². The second-order valence-corrected chi connectivity index (χ2v) is 5.11. The maximum absolute atomic E-state index is 9.96. The zero-order valence-corrected chi connectivity index (χ0v) is 9.71. The van der Waals surface area contributed by atoms with E-state index in [-0.39, 0.29) is 23.0 Å². The molecule has 0 aliphatic heterocycles. The van der Waals surface area contributed by atoms with Gasteiger partial charge in [0.15, 0.2) is 0 Å². The van der Waals surface area contributed by atoms with E-state index in [1.54, 1.807) is 7.11 Å². The van der Waals surface area contributed by atoms with Crippen molar-refractivity contribution in [2.24, 2.45) is 11.3 Å². The molecule has 0 aromatic heterocycles. The van der Waals surface area contributed by atoms with E-state index < -0.39 is 0 Å². The van der Waals surface area contributed by atoms with E-state index in [0.717, 1.165) is 12.8 Å². The number of hydrogen-bond donors (Lipinski definition) is 1. The van der Waals surface area contributed by atoms with Crippen molar-refractivity contribution >= 4 is 0 Å². The van der Waals surface area contributed by atoms with Crippen LogP contribution in [0.1, 0.15) is 33.6 Å². The summed E-state index contributed by atoms with van der Waals surface area (Å²) in [5, 5.41) is 9.96. The lowest BCUT2D eigenvalue weighted by Crippen LogP contribution is -2.53. The van der Waals surface area contributed by atoms with Crippen molar-refractivity contribution in [1.29, 1.82) is 0 Å². The minimum absolute atomic E-state index is 0.148. The molecule has 0 aromatic rings. The zero-order chi connectivity index (χ0) is 11.0. The SMILES string of the molecule is C=CC1C(C)(OC)CCC(O)C1(C)C. The Balaban J connectivity index is 3.01. The molecule has 3 unspecified atom stereocenters. The largest absolute Gasteiger partial charge is 0.393 e. The lowest BCUT2D eigenvalue weighted by atomic mass is 9.60. The van der Waals surface area contributed by atoms with Gasteiger partial charge in [-0.1, -0.05) is 19.9 Å². The Morgan fingerprint density at radius 2 is 2.00 bits per heavy atom. The van der Waals surface area contributed by atoms with Crippen molar-refractivity contribution in [2.75, 3.05) is 7.11 Å². The van der Waals surface area contributed by atoms with Crippen molar-refractivity contribution in [3.63, 3.8) is 0 Å². The van der Waals surface area contributed by atoms with Gasteiger partial charge in [-0.15, -0.1) is 6.58 Å². The predicted octanol–water partition coefficient (Wildman–Crippen LogP) is 2.37. The van der Waals surface area contributed by atoms with Crippen LogP contribution in [0.15, 0.2) is 12.7 Å². The van der Waals surface area contributed by atoms with Gasteiger partial charge in [-0.3, -0.25) is 0 Å². The topological polar surface area (TPSA) is 29.5 Å². The van der Waals surface area contributed by atoms with Gasteiger partial charge in [0, 0.05) is 13.0 Å². The average Bonchev–Trinajstić information content (AvgIpc) is 2.13. The van der Waals surface area contributed by atoms with Crippen molar-refractivity contribution in [2.45, 2.75) is 45.3 Å². The van der Waals surface area contributed by atoms with Gasteiger partial charge in [0.1, 0.15) is 0 Å². The Morgan fingerprint density at radius 3 is 2.43 bits per heavy atom. The molecule has 0 heterocycles. The number of aliphatic hydroxyl groups is 1. The third kappa shape index (κ3) is 1.61. The minimum atomic E-state index is -0.256. The molecule has 2 nitrogen and oxygen atoms in total. The summed E-state index contributed by atoms with van der Waals surface area (Å²) in [5.74, 6) is 0.198. The molecule has 2 heteroatoms. The van der Waals surface area contributed by atoms with Gasteiger partial charge in [0.2, 0.25) is 0 Å². The molecule has 1 N–H and O–H groups in total. The third-order valence-electron chi connectivity index (χ3n) is 3.93. The van der Waals surface area contributed by atoms with Crippen molar-refractivity contribution in [3.05, 3.63) is 12.7 Å². The van der Waals surface area contributed by atoms with E-state index in [0.29, 0.717) is 0 Å². The summed E-state index contributed by atoms with van der Waals surface area (Å²) in [4.78, 5) is 0. The maximum Gasteiger partial charge on any atom is 0.0720 e. The standard InChI is InChI=1S/C12H22O2/c1-6-9-11(2,3)10(13)7-8-12(9,4)14-5/h6,9-10,13H,1,7-8H2,2-5H3. The van der Waals surface area contributed by atoms with Crippen LogP contribution in [0, 0.1) is 11.3 Å². The molecule has 0 spiro atoms. The Hall–Kier alpha value is -0.340. The van der Waals surface area contributed by atoms with Gasteiger partial charge in [0.05, 0.1) is 11.7 Å². The van der Waals surface area contributed by atoms with Gasteiger partial charge in [-0.2, -0.15) is 0 Å². The lowest BCUT2D eigenvalue weighted by molar-refractivity contribution is -0.141. The predicted molar refractivity (Wildman–Crippen MR) is 58.1 cm³/mol. The molecular weight excluding hydrogens is 176 g/mol. The maximum atomic E-state index is 9.96. The Kier molecular flexibility index (Phi) is 3.07. The molecule has 0 saturated heterocycles. The van der Waals surface area contributed by atoms with Gasteiger partial charge in [-0.25, -0.2) is 0 Å². The van der Waals surface area contributed by atoms with E-state index in [4.69, 9.17) is 4.74 Å². The van der Waals surface area contributed by atoms with Crippen LogP contribution in [0.3, 0.4) is 0 Å². The van der Waals surface area contributed by atoms with Gasteiger partial charge < -0.3 is 9.84 Å². The average molecular weight is 198 g/mol. The van der Waals surface area contributed by atoms with E-state index in [9.17, 15) is 5.11 Å². The van der Waals surface area contributed by atoms with Crippen LogP contribution in [-0.4, -0.2) is 23.9 Å². The highest BCUT2D eigenvalue weighted by atomic mass is 16.5. The summed E-state index contributed by atoms with van der Waals surface area (Å²) in [6.45, 7) is 10.1. The fraction of sp³-hybridized carbons (Fsp3) is 0.833. The van der Waals surface area contributed by atoms with Crippen LogP contribution in [0.5, 0.6) is 0 Å². The van der Waals surface area contributed by atoms with Crippen LogP contribution in [0.25, 0.3) is 0 Å². The summed E-state index contributed by atoms with van der Waals surface area (Å²) in [6.07, 6.45) is 3.37. The monoisotopic (exact) mass is 198 g/mol. The third-order valence-corrected chi connectivity index (χ3v) is 3.93. The van der Waals surface area contributed by atoms with Crippen molar-refractivity contribution in [1.82, 2.24) is 0 Å². The smallest absolute Gasteiger partial charge is 0.0720 e. The molecular formula is C12H22O2. The molecule has 0 amide bonds. The normalized spacial score (nSPS) is 42.1. The van der Waals surface area contributed by atoms with E-state index in [1.165, 1.54) is 0 Å². The van der Waals surface area contributed by atoms with Gasteiger partial charge in [0.25, 0.3) is 0 Å². The number of aliphatic hydroxyl groups excluding tert-OH is 1. The van der Waals surface area contributed by atoms with E-state index in [1.807, 2.05) is 6.08 Å². The first-order valence-corrected chi connectivity index (χ1v) is 5.24. The van der Waals surface area contributed by atoms with Crippen LogP contribution >= 0.6 is 0 Å². The fourth-order valence-corrected chi connectivity index (χ4v) is 2.73. The second-order valence-electron chi connectivity index (χ2n) is 5.11. The Labute approximate surface area is 87.0 Å². The van der Waals surface area contributed by atoms with Crippen LogP contribution in [0.2, 0.25) is 0 Å². The molecule has 1 rings (SSSR count). The summed E-state index contributed by atoms with van der Waals surface area (Å²) in [7, 11) is 1.74. The number of hydrogen-bond acceptors (Lipinski definition) is 2. The molecule has 82 valence electrons. The number of rotatable bonds is 2. The summed E-state index contributed by atoms with van der Waals surface area (Å²) in [6, 6.07) is 0. The summed E-state index contributed by atoms with van der Waals surface area (Å²) < 4.78 is 5.58. The molecule has 0 aromatic carbocycles. The van der Waals surface area contributed by atoms with Crippen LogP contribution in [0.4, 0.5) is 0 Å². The van der Waals surface area contributed by atoms with E-state index >= 15 is 0 Å². The first-order chi connectivity index (χ1) is 6.38. The second kappa shape index (κ2) is 3.67. The molecule has 1 saturated carbocycles. The summed E-state index contributed by atoms with van der Waals surface area (Å²) >= 11 is 0. The highest BCUT2D eigenvalue weighted by Crippen LogP contribution is 2.48. The van der Waals surface area contributed by atoms with Gasteiger partial charge >= 0.3 is 0 Å². The van der Waals surface area contributed by atoms with Gasteiger partial charge in [-0.05, 0) is 25.2 Å². The Bertz CT molecular complexity index is 218. The highest BCUT2D eigenvalue weighted by Gasteiger charge is 2.49. The molecule has 0 bridgehead atoms. The molecule has 0 radical (unpaired) electrons. The van der Waals surface area contributed by atoms with Crippen molar-refractivity contribution in [3.8, 4) is 0 Å². The van der Waals surface area contributed by atoms with Crippen molar-refractivity contribution < 1.29 is 9.84 Å². The fourth-order valence-electron chi connectivity index (χ4n) is 2.73. The molecule has 1 fully saturated rings. The highest BCUT2D eigenvalue weighted by molar-refractivity contribution is 5.07. The molecule has 14 heavy (non-hydrogen) atoms. The zero-order valence-electron chi connectivity index (χ0n) is 9.71. The first-order valence-electron chi connectivity index (χ1n) is 5.24. The quantitative estimate of drug-likeness (QED) is 0.690. The molecule has 1 aliphatic carbocycles. The summed E-state index contributed by atoms with van der Waals surface area (Å²) in [5.41, 5.74) is -0.324. The number of ether oxygens (including phenoxy) is 1.